The molecule has 0 saturated heterocycles. The molecule has 0 radical (unpaired) electrons. The summed E-state index contributed by atoms with van der Waals surface area (Å²) >= 11 is 5.83. The predicted octanol–water partition coefficient (Wildman–Crippen LogP) is 4.22. The summed E-state index contributed by atoms with van der Waals surface area (Å²) in [4.78, 5) is 4.19. The van der Waals surface area contributed by atoms with Crippen LogP contribution in [0.25, 0.3) is 10.8 Å². The summed E-state index contributed by atoms with van der Waals surface area (Å²) in [5.41, 5.74) is 1.03. The molecule has 0 fully saturated rings. The second-order valence-electron chi connectivity index (χ2n) is 2.82. The Labute approximate surface area is 89.7 Å². The Morgan fingerprint density at radius 3 is 2.50 bits per heavy atom. The summed E-state index contributed by atoms with van der Waals surface area (Å²) in [5.74, 6) is 0. The van der Waals surface area contributed by atoms with Gasteiger partial charge in [-0.3, -0.25) is 4.98 Å². The van der Waals surface area contributed by atoms with E-state index < -0.39 is 0 Å². The first-order valence-corrected chi connectivity index (χ1v) is 5.15. The summed E-state index contributed by atoms with van der Waals surface area (Å²) in [6, 6.07) is 7.87. The van der Waals surface area contributed by atoms with Crippen molar-refractivity contribution >= 4 is 22.4 Å². The third-order valence-corrected chi connectivity index (χ3v) is 2.06. The van der Waals surface area contributed by atoms with Crippen LogP contribution in [0.2, 0.25) is 5.02 Å². The number of fused-ring (bicyclic) bond motifs is 1. The molecule has 2 rings (SSSR count). The molecular weight excluding hydrogens is 194 g/mol. The molecule has 74 valence electrons. The van der Waals surface area contributed by atoms with Crippen LogP contribution in [-0.4, -0.2) is 4.98 Å². The number of hydrogen-bond acceptors (Lipinski definition) is 1. The monoisotopic (exact) mass is 207 g/mol. The number of pyridine rings is 1. The number of nitrogens with zero attached hydrogens (tertiary/aromatic N) is 1. The van der Waals surface area contributed by atoms with Crippen LogP contribution in [0, 0.1) is 6.92 Å². The van der Waals surface area contributed by atoms with Gasteiger partial charge in [-0.25, -0.2) is 0 Å². The third kappa shape index (κ3) is 2.46. The fourth-order valence-corrected chi connectivity index (χ4v) is 1.40. The Hall–Kier alpha value is -1.08. The number of rotatable bonds is 0. The molecule has 0 atom stereocenters. The number of aryl methyl sites for hydroxylation is 1. The van der Waals surface area contributed by atoms with Crippen LogP contribution in [0.1, 0.15) is 19.5 Å². The first-order valence-electron chi connectivity index (χ1n) is 4.77. The molecule has 0 aliphatic carbocycles. The van der Waals surface area contributed by atoms with Crippen LogP contribution < -0.4 is 0 Å². The van der Waals surface area contributed by atoms with E-state index in [4.69, 9.17) is 11.6 Å². The van der Waals surface area contributed by atoms with E-state index in [0.717, 1.165) is 16.1 Å². The van der Waals surface area contributed by atoms with Crippen LogP contribution in [0.15, 0.2) is 30.5 Å². The predicted molar refractivity (Wildman–Crippen MR) is 62.8 cm³/mol. The lowest BCUT2D eigenvalue weighted by atomic mass is 10.1. The first kappa shape index (κ1) is 11.0. The van der Waals surface area contributed by atoms with Gasteiger partial charge in [0.1, 0.15) is 0 Å². The van der Waals surface area contributed by atoms with Gasteiger partial charge < -0.3 is 0 Å². The molecule has 2 heteroatoms. The summed E-state index contributed by atoms with van der Waals surface area (Å²) in [6.07, 6.45) is 1.84. The molecule has 0 spiro atoms. The van der Waals surface area contributed by atoms with Crippen LogP contribution in [0.5, 0.6) is 0 Å². The Morgan fingerprint density at radius 2 is 1.79 bits per heavy atom. The molecule has 1 heterocycles. The zero-order valence-electron chi connectivity index (χ0n) is 8.71. The van der Waals surface area contributed by atoms with Gasteiger partial charge in [0.05, 0.1) is 0 Å². The highest BCUT2D eigenvalue weighted by atomic mass is 35.5. The molecule has 0 bridgehead atoms. The lowest BCUT2D eigenvalue weighted by Crippen LogP contribution is -1.80. The SMILES string of the molecule is CC.Cc1cc2ccc(Cl)cc2cn1. The number of benzene rings is 1. The Bertz CT molecular complexity index is 382. The van der Waals surface area contributed by atoms with Gasteiger partial charge >= 0.3 is 0 Å². The molecule has 1 nitrogen and oxygen atoms in total. The zero-order valence-corrected chi connectivity index (χ0v) is 9.47. The quantitative estimate of drug-likeness (QED) is 0.630. The van der Waals surface area contributed by atoms with E-state index in [1.165, 1.54) is 5.39 Å². The number of aromatic nitrogens is 1. The lowest BCUT2D eigenvalue weighted by Gasteiger charge is -1.98. The molecule has 0 unspecified atom stereocenters. The highest BCUT2D eigenvalue weighted by Crippen LogP contribution is 2.18. The van der Waals surface area contributed by atoms with Crippen molar-refractivity contribution < 1.29 is 0 Å². The average molecular weight is 208 g/mol. The molecule has 0 N–H and O–H groups in total. The van der Waals surface area contributed by atoms with Crippen molar-refractivity contribution in [3.05, 3.63) is 41.2 Å². The van der Waals surface area contributed by atoms with E-state index in [9.17, 15) is 0 Å². The van der Waals surface area contributed by atoms with Crippen molar-refractivity contribution in [2.24, 2.45) is 0 Å². The van der Waals surface area contributed by atoms with Gasteiger partial charge in [-0.15, -0.1) is 0 Å². The van der Waals surface area contributed by atoms with Crippen molar-refractivity contribution in [2.45, 2.75) is 20.8 Å². The van der Waals surface area contributed by atoms with Crippen LogP contribution in [-0.2, 0) is 0 Å². The molecule has 1 aromatic heterocycles. The van der Waals surface area contributed by atoms with E-state index in [0.29, 0.717) is 0 Å². The highest BCUT2D eigenvalue weighted by molar-refractivity contribution is 6.31. The third-order valence-electron chi connectivity index (χ3n) is 1.82. The maximum Gasteiger partial charge on any atom is 0.0412 e. The topological polar surface area (TPSA) is 12.9 Å². The van der Waals surface area contributed by atoms with Gasteiger partial charge in [0, 0.05) is 22.3 Å². The molecule has 0 amide bonds. The van der Waals surface area contributed by atoms with E-state index in [-0.39, 0.29) is 0 Å². The minimum atomic E-state index is 0.758. The second-order valence-corrected chi connectivity index (χ2v) is 3.25. The Balaban J connectivity index is 0.000000461. The maximum absolute atomic E-state index is 5.83. The molecule has 0 saturated carbocycles. The highest BCUT2D eigenvalue weighted by Gasteiger charge is 1.94. The molecule has 2 aromatic rings. The summed E-state index contributed by atoms with van der Waals surface area (Å²) in [5, 5.41) is 3.04. The maximum atomic E-state index is 5.83. The fourth-order valence-electron chi connectivity index (χ4n) is 1.22. The smallest absolute Gasteiger partial charge is 0.0412 e. The largest absolute Gasteiger partial charge is 0.261 e. The summed E-state index contributed by atoms with van der Waals surface area (Å²) in [7, 11) is 0. The second kappa shape index (κ2) is 4.97. The fraction of sp³-hybridized carbons (Fsp3) is 0.250. The van der Waals surface area contributed by atoms with Crippen molar-refractivity contribution in [1.82, 2.24) is 4.98 Å². The Morgan fingerprint density at radius 1 is 1.07 bits per heavy atom. The molecule has 1 aromatic carbocycles. The van der Waals surface area contributed by atoms with Crippen LogP contribution in [0.3, 0.4) is 0 Å². The molecular formula is C12H14ClN. The van der Waals surface area contributed by atoms with Gasteiger partial charge in [0.2, 0.25) is 0 Å². The van der Waals surface area contributed by atoms with E-state index in [1.54, 1.807) is 0 Å². The number of halogens is 1. The van der Waals surface area contributed by atoms with Gasteiger partial charge in [-0.1, -0.05) is 31.5 Å². The molecule has 0 aliphatic rings. The van der Waals surface area contributed by atoms with E-state index >= 15 is 0 Å². The minimum Gasteiger partial charge on any atom is -0.261 e. The average Bonchev–Trinajstić information content (AvgIpc) is 2.21. The van der Waals surface area contributed by atoms with Crippen molar-refractivity contribution in [3.8, 4) is 0 Å². The van der Waals surface area contributed by atoms with Gasteiger partial charge in [0.25, 0.3) is 0 Å². The standard InChI is InChI=1S/C10H8ClN.C2H6/c1-7-4-8-2-3-10(11)5-9(8)6-12-7;1-2/h2-6H,1H3;1-2H3. The van der Waals surface area contributed by atoms with Gasteiger partial charge in [-0.2, -0.15) is 0 Å². The van der Waals surface area contributed by atoms with Crippen LogP contribution in [0.4, 0.5) is 0 Å². The summed E-state index contributed by atoms with van der Waals surface area (Å²) < 4.78 is 0. The first-order chi connectivity index (χ1) is 6.75. The van der Waals surface area contributed by atoms with Crippen LogP contribution >= 0.6 is 11.6 Å². The van der Waals surface area contributed by atoms with E-state index in [2.05, 4.69) is 4.98 Å². The number of hydrogen-bond donors (Lipinski definition) is 0. The molecule has 14 heavy (non-hydrogen) atoms. The van der Waals surface area contributed by atoms with Crippen molar-refractivity contribution in [3.63, 3.8) is 0 Å². The zero-order chi connectivity index (χ0) is 10.6. The van der Waals surface area contributed by atoms with Gasteiger partial charge in [0.15, 0.2) is 0 Å². The summed E-state index contributed by atoms with van der Waals surface area (Å²) in [6.45, 7) is 5.98. The Kier molecular flexibility index (Phi) is 3.90. The van der Waals surface area contributed by atoms with Crippen molar-refractivity contribution in [2.75, 3.05) is 0 Å². The minimum absolute atomic E-state index is 0.758. The van der Waals surface area contributed by atoms with Crippen molar-refractivity contribution in [1.29, 1.82) is 0 Å². The van der Waals surface area contributed by atoms with E-state index in [1.807, 2.05) is 51.2 Å². The van der Waals surface area contributed by atoms with Gasteiger partial charge in [-0.05, 0) is 30.5 Å². The lowest BCUT2D eigenvalue weighted by molar-refractivity contribution is 1.22. The molecule has 0 aliphatic heterocycles. The normalized spacial score (nSPS) is 9.43.